The van der Waals surface area contributed by atoms with E-state index >= 15 is 0 Å². The van der Waals surface area contributed by atoms with E-state index in [1.807, 2.05) is 18.2 Å². The van der Waals surface area contributed by atoms with Crippen LogP contribution in [0.4, 0.5) is 11.4 Å². The van der Waals surface area contributed by atoms with Crippen LogP contribution in [-0.4, -0.2) is 19.7 Å². The molecule has 21 heavy (non-hydrogen) atoms. The van der Waals surface area contributed by atoms with Gasteiger partial charge in [-0.3, -0.25) is 4.72 Å². The summed E-state index contributed by atoms with van der Waals surface area (Å²) in [5.41, 5.74) is 1.92. The highest BCUT2D eigenvalue weighted by molar-refractivity contribution is 9.10. The van der Waals surface area contributed by atoms with Crippen LogP contribution >= 0.6 is 27.5 Å². The molecule has 0 radical (unpaired) electrons. The molecular weight excluding hydrogens is 378 g/mol. The summed E-state index contributed by atoms with van der Waals surface area (Å²) in [7, 11) is -3.32. The van der Waals surface area contributed by atoms with Crippen molar-refractivity contribution in [2.45, 2.75) is 6.54 Å². The first kappa shape index (κ1) is 16.1. The second-order valence-corrected chi connectivity index (χ2v) is 7.34. The van der Waals surface area contributed by atoms with Gasteiger partial charge in [0.2, 0.25) is 10.0 Å². The predicted octanol–water partition coefficient (Wildman–Crippen LogP) is 3.48. The number of nitrogens with one attached hydrogen (secondary N) is 2. The number of hydrogen-bond donors (Lipinski definition) is 2. The Hall–Kier alpha value is -1.31. The maximum Gasteiger partial charge on any atom is 0.229 e. The zero-order valence-corrected chi connectivity index (χ0v) is 14.3. The molecule has 2 N–H and O–H groups in total. The van der Waals surface area contributed by atoms with Crippen LogP contribution in [0.3, 0.4) is 0 Å². The Kier molecular flexibility index (Phi) is 5.08. The molecule has 0 amide bonds. The van der Waals surface area contributed by atoms with Crippen LogP contribution < -0.4 is 10.0 Å². The molecule has 1 aromatic carbocycles. The molecule has 5 nitrogen and oxygen atoms in total. The van der Waals surface area contributed by atoms with Gasteiger partial charge in [0.25, 0.3) is 0 Å². The van der Waals surface area contributed by atoms with Crippen LogP contribution in [0, 0.1) is 0 Å². The van der Waals surface area contributed by atoms with E-state index in [-0.39, 0.29) is 0 Å². The third-order valence-electron chi connectivity index (χ3n) is 2.50. The molecule has 0 fully saturated rings. The Balaban J connectivity index is 2.14. The first-order valence-electron chi connectivity index (χ1n) is 5.96. The van der Waals surface area contributed by atoms with Crippen molar-refractivity contribution in [3.63, 3.8) is 0 Å². The molecule has 1 heterocycles. The highest BCUT2D eigenvalue weighted by Crippen LogP contribution is 2.26. The predicted molar refractivity (Wildman–Crippen MR) is 89.2 cm³/mol. The lowest BCUT2D eigenvalue weighted by atomic mass is 10.2. The molecule has 0 aliphatic carbocycles. The van der Waals surface area contributed by atoms with Crippen molar-refractivity contribution in [2.75, 3.05) is 16.3 Å². The summed E-state index contributed by atoms with van der Waals surface area (Å²) in [5, 5.41) is 3.64. The largest absolute Gasteiger partial charge is 0.378 e. The maximum atomic E-state index is 11.2. The highest BCUT2D eigenvalue weighted by atomic mass is 79.9. The molecule has 8 heteroatoms. The van der Waals surface area contributed by atoms with Gasteiger partial charge in [-0.05, 0) is 46.3 Å². The maximum absolute atomic E-state index is 11.2. The molecule has 0 bridgehead atoms. The molecule has 0 spiro atoms. The second-order valence-electron chi connectivity index (χ2n) is 4.37. The summed E-state index contributed by atoms with van der Waals surface area (Å²) in [5.74, 6) is 0. The van der Waals surface area contributed by atoms with Crippen LogP contribution in [0.5, 0.6) is 0 Å². The summed E-state index contributed by atoms with van der Waals surface area (Å²) < 4.78 is 25.6. The van der Waals surface area contributed by atoms with Crippen molar-refractivity contribution in [1.82, 2.24) is 4.98 Å². The summed E-state index contributed by atoms with van der Waals surface area (Å²) in [6, 6.07) is 10.5. The Morgan fingerprint density at radius 1 is 1.29 bits per heavy atom. The summed E-state index contributed by atoms with van der Waals surface area (Å²) in [4.78, 5) is 4.30. The number of benzene rings is 1. The normalized spacial score (nSPS) is 11.2. The van der Waals surface area contributed by atoms with Crippen molar-refractivity contribution in [2.24, 2.45) is 0 Å². The van der Waals surface area contributed by atoms with Crippen molar-refractivity contribution in [3.05, 3.63) is 51.7 Å². The number of sulfonamides is 1. The van der Waals surface area contributed by atoms with Gasteiger partial charge in [0.05, 0.1) is 34.9 Å². The molecule has 112 valence electrons. The molecule has 2 rings (SSSR count). The van der Waals surface area contributed by atoms with E-state index in [2.05, 4.69) is 31.0 Å². The number of pyridine rings is 1. The van der Waals surface area contributed by atoms with Gasteiger partial charge >= 0.3 is 0 Å². The first-order chi connectivity index (χ1) is 9.83. The fourth-order valence-electron chi connectivity index (χ4n) is 1.67. The molecule has 0 aliphatic rings. The van der Waals surface area contributed by atoms with E-state index in [0.29, 0.717) is 22.9 Å². The van der Waals surface area contributed by atoms with E-state index in [4.69, 9.17) is 11.6 Å². The van der Waals surface area contributed by atoms with Crippen molar-refractivity contribution >= 4 is 48.9 Å². The first-order valence-corrected chi connectivity index (χ1v) is 9.02. The van der Waals surface area contributed by atoms with E-state index in [1.165, 1.54) is 0 Å². The van der Waals surface area contributed by atoms with Gasteiger partial charge in [0.1, 0.15) is 4.60 Å². The van der Waals surface area contributed by atoms with Gasteiger partial charge < -0.3 is 5.32 Å². The van der Waals surface area contributed by atoms with Crippen LogP contribution in [0.25, 0.3) is 0 Å². The average Bonchev–Trinajstić information content (AvgIpc) is 2.38. The van der Waals surface area contributed by atoms with E-state index in [9.17, 15) is 8.42 Å². The van der Waals surface area contributed by atoms with Gasteiger partial charge in [-0.2, -0.15) is 0 Å². The quantitative estimate of drug-likeness (QED) is 0.767. The Bertz CT molecular complexity index is 753. The number of rotatable bonds is 5. The SMILES string of the molecule is CS(=O)(=O)Nc1ccc(Cl)c(NCc2cccc(Br)n2)c1. The van der Waals surface area contributed by atoms with Gasteiger partial charge in [0, 0.05) is 0 Å². The Labute approximate surface area is 136 Å². The molecule has 0 aliphatic heterocycles. The zero-order valence-electron chi connectivity index (χ0n) is 11.1. The Morgan fingerprint density at radius 3 is 2.71 bits per heavy atom. The lowest BCUT2D eigenvalue weighted by Gasteiger charge is -2.11. The summed E-state index contributed by atoms with van der Waals surface area (Å²) >= 11 is 9.40. The lowest BCUT2D eigenvalue weighted by Crippen LogP contribution is -2.10. The van der Waals surface area contributed by atoms with Crippen LogP contribution in [0.1, 0.15) is 5.69 Å². The van der Waals surface area contributed by atoms with Crippen LogP contribution in [0.2, 0.25) is 5.02 Å². The molecule has 0 saturated heterocycles. The monoisotopic (exact) mass is 389 g/mol. The van der Waals surface area contributed by atoms with Gasteiger partial charge in [0.15, 0.2) is 0 Å². The number of nitrogens with zero attached hydrogens (tertiary/aromatic N) is 1. The second kappa shape index (κ2) is 6.64. The fraction of sp³-hybridized carbons (Fsp3) is 0.154. The van der Waals surface area contributed by atoms with E-state index < -0.39 is 10.0 Å². The van der Waals surface area contributed by atoms with Gasteiger partial charge in [-0.15, -0.1) is 0 Å². The van der Waals surface area contributed by atoms with Gasteiger partial charge in [-0.1, -0.05) is 17.7 Å². The third-order valence-corrected chi connectivity index (χ3v) is 3.88. The van der Waals surface area contributed by atoms with Crippen molar-refractivity contribution in [1.29, 1.82) is 0 Å². The smallest absolute Gasteiger partial charge is 0.229 e. The zero-order chi connectivity index (χ0) is 15.5. The van der Waals surface area contributed by atoms with E-state index in [0.717, 1.165) is 16.6 Å². The summed E-state index contributed by atoms with van der Waals surface area (Å²) in [6.45, 7) is 0.474. The minimum Gasteiger partial charge on any atom is -0.378 e. The number of hydrogen-bond acceptors (Lipinski definition) is 4. The van der Waals surface area contributed by atoms with Crippen LogP contribution in [-0.2, 0) is 16.6 Å². The molecule has 0 saturated carbocycles. The third kappa shape index (κ3) is 5.18. The minimum atomic E-state index is -3.32. The summed E-state index contributed by atoms with van der Waals surface area (Å²) in [6.07, 6.45) is 1.10. The Morgan fingerprint density at radius 2 is 2.05 bits per heavy atom. The van der Waals surface area contributed by atoms with E-state index in [1.54, 1.807) is 18.2 Å². The van der Waals surface area contributed by atoms with Crippen LogP contribution in [0.15, 0.2) is 41.0 Å². The molecular formula is C13H13BrClN3O2S. The lowest BCUT2D eigenvalue weighted by molar-refractivity contribution is 0.607. The topological polar surface area (TPSA) is 71.1 Å². The average molecular weight is 391 g/mol. The highest BCUT2D eigenvalue weighted by Gasteiger charge is 2.06. The minimum absolute atomic E-state index is 0.451. The molecule has 0 atom stereocenters. The van der Waals surface area contributed by atoms with Crippen molar-refractivity contribution < 1.29 is 8.42 Å². The molecule has 1 aromatic heterocycles. The van der Waals surface area contributed by atoms with Crippen molar-refractivity contribution in [3.8, 4) is 0 Å². The van der Waals surface area contributed by atoms with Gasteiger partial charge in [-0.25, -0.2) is 13.4 Å². The standard InChI is InChI=1S/C13H13BrClN3O2S/c1-21(19,20)18-9-5-6-11(15)12(7-9)16-8-10-3-2-4-13(14)17-10/h2-7,16,18H,8H2,1H3. The number of aromatic nitrogens is 1. The number of anilines is 2. The fourth-order valence-corrected chi connectivity index (χ4v) is 2.79. The number of halogens is 2. The molecule has 0 unspecified atom stereocenters. The molecule has 2 aromatic rings.